The molecule has 0 radical (unpaired) electrons. The van der Waals surface area contributed by atoms with Crippen molar-refractivity contribution in [3.63, 3.8) is 0 Å². The minimum atomic E-state index is -0.397. The summed E-state index contributed by atoms with van der Waals surface area (Å²) in [5, 5.41) is 0. The zero-order chi connectivity index (χ0) is 22.6. The first kappa shape index (κ1) is 22.8. The van der Waals surface area contributed by atoms with Crippen LogP contribution < -0.4 is 4.74 Å². The molecule has 6 heteroatoms. The first-order valence-corrected chi connectivity index (χ1v) is 10.8. The molecule has 1 saturated heterocycles. The predicted octanol–water partition coefficient (Wildman–Crippen LogP) is 3.92. The number of hydrogen-bond donors (Lipinski definition) is 0. The third-order valence-corrected chi connectivity index (χ3v) is 5.91. The fourth-order valence-corrected chi connectivity index (χ4v) is 4.14. The SMILES string of the molecule is COc1ccc(C(c2ccccn2)N(C)C(=O)C2CCN(C(=O)C(C)(C)C)CC2)cc1. The highest BCUT2D eigenvalue weighted by Gasteiger charge is 2.35. The van der Waals surface area contributed by atoms with Gasteiger partial charge in [-0.15, -0.1) is 0 Å². The Balaban J connectivity index is 1.77. The monoisotopic (exact) mass is 423 g/mol. The molecule has 0 spiro atoms. The van der Waals surface area contributed by atoms with Gasteiger partial charge in [0.25, 0.3) is 0 Å². The zero-order valence-electron chi connectivity index (χ0n) is 19.2. The number of carbonyl (C=O) groups excluding carboxylic acids is 2. The molecule has 2 aromatic rings. The number of hydrogen-bond acceptors (Lipinski definition) is 4. The first-order valence-electron chi connectivity index (χ1n) is 10.8. The van der Waals surface area contributed by atoms with Crippen molar-refractivity contribution < 1.29 is 14.3 Å². The van der Waals surface area contributed by atoms with Gasteiger partial charge in [-0.05, 0) is 42.7 Å². The minimum Gasteiger partial charge on any atom is -0.497 e. The number of rotatable bonds is 5. The van der Waals surface area contributed by atoms with Crippen molar-refractivity contribution in [3.05, 3.63) is 59.9 Å². The Morgan fingerprint density at radius 1 is 1.10 bits per heavy atom. The molecule has 1 aromatic carbocycles. The zero-order valence-corrected chi connectivity index (χ0v) is 19.2. The van der Waals surface area contributed by atoms with Crippen LogP contribution in [0.15, 0.2) is 48.7 Å². The van der Waals surface area contributed by atoms with E-state index in [9.17, 15) is 9.59 Å². The molecule has 1 fully saturated rings. The minimum absolute atomic E-state index is 0.0920. The van der Waals surface area contributed by atoms with Gasteiger partial charge in [0.05, 0.1) is 18.8 Å². The van der Waals surface area contributed by atoms with Crippen molar-refractivity contribution in [2.24, 2.45) is 11.3 Å². The molecular formula is C25H33N3O3. The molecule has 6 nitrogen and oxygen atoms in total. The number of benzene rings is 1. The van der Waals surface area contributed by atoms with E-state index in [1.807, 2.05) is 75.2 Å². The van der Waals surface area contributed by atoms with Gasteiger partial charge in [0, 0.05) is 37.7 Å². The predicted molar refractivity (Wildman–Crippen MR) is 121 cm³/mol. The average Bonchev–Trinajstić information content (AvgIpc) is 2.79. The molecule has 1 atom stereocenters. The number of methoxy groups -OCH3 is 1. The Morgan fingerprint density at radius 3 is 2.26 bits per heavy atom. The maximum atomic E-state index is 13.5. The van der Waals surface area contributed by atoms with Crippen molar-refractivity contribution in [1.29, 1.82) is 0 Å². The summed E-state index contributed by atoms with van der Waals surface area (Å²) in [6, 6.07) is 13.2. The first-order chi connectivity index (χ1) is 14.7. The van der Waals surface area contributed by atoms with E-state index in [2.05, 4.69) is 4.98 Å². The van der Waals surface area contributed by atoms with E-state index in [1.54, 1.807) is 18.2 Å². The molecule has 1 aliphatic rings. The normalized spacial score (nSPS) is 16.0. The van der Waals surface area contributed by atoms with E-state index in [4.69, 9.17) is 4.74 Å². The smallest absolute Gasteiger partial charge is 0.227 e. The van der Waals surface area contributed by atoms with Crippen LogP contribution in [0.5, 0.6) is 5.75 Å². The van der Waals surface area contributed by atoms with Gasteiger partial charge in [-0.1, -0.05) is 39.0 Å². The number of nitrogens with zero attached hydrogens (tertiary/aromatic N) is 3. The summed E-state index contributed by atoms with van der Waals surface area (Å²) in [7, 11) is 3.48. The summed E-state index contributed by atoms with van der Waals surface area (Å²) >= 11 is 0. The van der Waals surface area contributed by atoms with Gasteiger partial charge in [0.2, 0.25) is 11.8 Å². The lowest BCUT2D eigenvalue weighted by Crippen LogP contribution is -2.47. The van der Waals surface area contributed by atoms with E-state index in [-0.39, 0.29) is 23.8 Å². The molecule has 0 bridgehead atoms. The van der Waals surface area contributed by atoms with Crippen molar-refractivity contribution in [2.45, 2.75) is 39.7 Å². The number of carbonyl (C=O) groups is 2. The fourth-order valence-electron chi connectivity index (χ4n) is 4.14. The fraction of sp³-hybridized carbons (Fsp3) is 0.480. The number of pyridine rings is 1. The molecule has 31 heavy (non-hydrogen) atoms. The summed E-state index contributed by atoms with van der Waals surface area (Å²) in [6.07, 6.45) is 3.12. The van der Waals surface area contributed by atoms with Crippen LogP contribution >= 0.6 is 0 Å². The second kappa shape index (κ2) is 9.50. The number of aromatic nitrogens is 1. The van der Waals surface area contributed by atoms with E-state index in [1.165, 1.54) is 0 Å². The molecule has 0 saturated carbocycles. The van der Waals surface area contributed by atoms with Gasteiger partial charge in [-0.25, -0.2) is 0 Å². The Bertz CT molecular complexity index is 882. The quantitative estimate of drug-likeness (QED) is 0.731. The van der Waals surface area contributed by atoms with Crippen LogP contribution in [0.1, 0.15) is 50.9 Å². The number of piperidine rings is 1. The maximum Gasteiger partial charge on any atom is 0.227 e. The lowest BCUT2D eigenvalue weighted by Gasteiger charge is -2.37. The second-order valence-corrected chi connectivity index (χ2v) is 9.20. The highest BCUT2D eigenvalue weighted by molar-refractivity contribution is 5.83. The largest absolute Gasteiger partial charge is 0.497 e. The summed E-state index contributed by atoms with van der Waals surface area (Å²) in [4.78, 5) is 34.3. The molecule has 2 heterocycles. The molecule has 2 amide bonds. The van der Waals surface area contributed by atoms with Crippen LogP contribution in [0.4, 0.5) is 0 Å². The highest BCUT2D eigenvalue weighted by Crippen LogP contribution is 2.31. The third-order valence-electron chi connectivity index (χ3n) is 5.91. The Morgan fingerprint density at radius 2 is 1.74 bits per heavy atom. The van der Waals surface area contributed by atoms with Gasteiger partial charge in [0.1, 0.15) is 5.75 Å². The van der Waals surface area contributed by atoms with Crippen LogP contribution in [0.2, 0.25) is 0 Å². The van der Waals surface area contributed by atoms with Gasteiger partial charge in [0.15, 0.2) is 0 Å². The van der Waals surface area contributed by atoms with Gasteiger partial charge in [-0.3, -0.25) is 14.6 Å². The number of amides is 2. The highest BCUT2D eigenvalue weighted by atomic mass is 16.5. The van der Waals surface area contributed by atoms with Crippen LogP contribution in [-0.4, -0.2) is 53.8 Å². The molecule has 1 aromatic heterocycles. The Labute approximate surface area is 185 Å². The van der Waals surface area contributed by atoms with E-state index in [0.717, 1.165) is 17.0 Å². The molecule has 0 N–H and O–H groups in total. The summed E-state index contributed by atoms with van der Waals surface area (Å²) in [5.74, 6) is 0.914. The third kappa shape index (κ3) is 5.24. The van der Waals surface area contributed by atoms with Crippen LogP contribution in [0.25, 0.3) is 0 Å². The average molecular weight is 424 g/mol. The summed E-state index contributed by atoms with van der Waals surface area (Å²) in [5.41, 5.74) is 1.41. The molecule has 1 unspecified atom stereocenters. The topological polar surface area (TPSA) is 62.7 Å². The van der Waals surface area contributed by atoms with Crippen molar-refractivity contribution >= 4 is 11.8 Å². The van der Waals surface area contributed by atoms with Crippen LogP contribution in [0.3, 0.4) is 0 Å². The molecule has 3 rings (SSSR count). The molecular weight excluding hydrogens is 390 g/mol. The van der Waals surface area contributed by atoms with E-state index >= 15 is 0 Å². The van der Waals surface area contributed by atoms with E-state index in [0.29, 0.717) is 25.9 Å². The molecule has 0 aliphatic carbocycles. The van der Waals surface area contributed by atoms with Crippen LogP contribution in [-0.2, 0) is 9.59 Å². The van der Waals surface area contributed by atoms with Crippen LogP contribution in [0, 0.1) is 11.3 Å². The lowest BCUT2D eigenvalue weighted by atomic mass is 9.90. The standard InChI is InChI=1S/C25H33N3O3/c1-25(2,3)24(30)28-16-13-19(14-17-28)23(29)27(4)22(21-8-6-7-15-26-21)18-9-11-20(31-5)12-10-18/h6-12,15,19,22H,13-14,16-17H2,1-5H3. The summed E-state index contributed by atoms with van der Waals surface area (Å²) < 4.78 is 5.28. The number of ether oxygens (including phenoxy) is 1. The lowest BCUT2D eigenvalue weighted by molar-refractivity contribution is -0.145. The Kier molecular flexibility index (Phi) is 6.98. The van der Waals surface area contributed by atoms with Gasteiger partial charge >= 0.3 is 0 Å². The summed E-state index contributed by atoms with van der Waals surface area (Å²) in [6.45, 7) is 7.06. The van der Waals surface area contributed by atoms with Gasteiger partial charge < -0.3 is 14.5 Å². The molecule has 1 aliphatic heterocycles. The Hall–Kier alpha value is -2.89. The number of likely N-dealkylation sites (tertiary alicyclic amines) is 1. The van der Waals surface area contributed by atoms with Crippen molar-refractivity contribution in [3.8, 4) is 5.75 Å². The van der Waals surface area contributed by atoms with E-state index < -0.39 is 5.41 Å². The molecule has 166 valence electrons. The second-order valence-electron chi connectivity index (χ2n) is 9.20. The van der Waals surface area contributed by atoms with Crippen molar-refractivity contribution in [1.82, 2.24) is 14.8 Å². The van der Waals surface area contributed by atoms with Crippen molar-refractivity contribution in [2.75, 3.05) is 27.2 Å². The maximum absolute atomic E-state index is 13.5. The van der Waals surface area contributed by atoms with Gasteiger partial charge in [-0.2, -0.15) is 0 Å².